The van der Waals surface area contributed by atoms with Crippen molar-refractivity contribution in [2.75, 3.05) is 0 Å². The highest BCUT2D eigenvalue weighted by Gasteiger charge is 2.23. The fraction of sp³-hybridized carbons (Fsp3) is 0.300. The molecule has 0 radical (unpaired) electrons. The average Bonchev–Trinajstić information content (AvgIpc) is 2.38. The summed E-state index contributed by atoms with van der Waals surface area (Å²) in [5.74, 6) is -0.291. The molecule has 19 heavy (non-hydrogen) atoms. The molecule has 7 nitrogen and oxygen atoms in total. The first-order chi connectivity index (χ1) is 8.90. The van der Waals surface area contributed by atoms with Crippen LogP contribution in [-0.4, -0.2) is 22.1 Å². The van der Waals surface area contributed by atoms with Gasteiger partial charge in [-0.05, 0) is 6.42 Å². The van der Waals surface area contributed by atoms with E-state index in [2.05, 4.69) is 5.16 Å². The van der Waals surface area contributed by atoms with Gasteiger partial charge in [-0.15, -0.1) is 0 Å². The van der Waals surface area contributed by atoms with E-state index in [0.717, 1.165) is 6.07 Å². The van der Waals surface area contributed by atoms with E-state index >= 15 is 0 Å². The van der Waals surface area contributed by atoms with E-state index in [1.165, 1.54) is 6.07 Å². The number of benzene rings is 1. The average molecular weight is 308 g/mol. The molecule has 104 valence electrons. The van der Waals surface area contributed by atoms with Gasteiger partial charge >= 0.3 is 5.69 Å². The Bertz CT molecular complexity index is 522. The highest BCUT2D eigenvalue weighted by Crippen LogP contribution is 2.36. The Labute approximate surface area is 118 Å². The summed E-state index contributed by atoms with van der Waals surface area (Å²) in [6.45, 7) is 1.71. The van der Waals surface area contributed by atoms with Crippen LogP contribution in [0.4, 0.5) is 5.69 Å². The van der Waals surface area contributed by atoms with E-state index in [-0.39, 0.29) is 27.3 Å². The monoisotopic (exact) mass is 307 g/mol. The zero-order valence-electron chi connectivity index (χ0n) is 9.84. The van der Waals surface area contributed by atoms with E-state index in [1.807, 2.05) is 0 Å². The van der Waals surface area contributed by atoms with Gasteiger partial charge in [0.25, 0.3) is 0 Å². The van der Waals surface area contributed by atoms with Crippen LogP contribution in [0.3, 0.4) is 0 Å². The largest absolute Gasteiger partial charge is 0.475 e. The molecule has 0 saturated carbocycles. The number of halogens is 2. The summed E-state index contributed by atoms with van der Waals surface area (Å²) >= 11 is 11.5. The van der Waals surface area contributed by atoms with Crippen molar-refractivity contribution in [2.24, 2.45) is 10.9 Å². The van der Waals surface area contributed by atoms with Gasteiger partial charge in [0.05, 0.1) is 15.0 Å². The number of amidine groups is 1. The van der Waals surface area contributed by atoms with Crippen LogP contribution in [-0.2, 0) is 0 Å². The molecule has 0 saturated heterocycles. The van der Waals surface area contributed by atoms with Gasteiger partial charge < -0.3 is 15.7 Å². The first-order valence-corrected chi connectivity index (χ1v) is 5.93. The third-order valence-electron chi connectivity index (χ3n) is 2.28. The summed E-state index contributed by atoms with van der Waals surface area (Å²) in [6.07, 6.45) is -0.450. The van der Waals surface area contributed by atoms with Gasteiger partial charge in [0.2, 0.25) is 0 Å². The molecule has 1 atom stereocenters. The number of hydrogen-bond acceptors (Lipinski definition) is 5. The maximum Gasteiger partial charge on any atom is 0.312 e. The Morgan fingerprint density at radius 1 is 1.58 bits per heavy atom. The molecule has 1 unspecified atom stereocenters. The highest BCUT2D eigenvalue weighted by molar-refractivity contribution is 6.42. The second-order valence-electron chi connectivity index (χ2n) is 3.53. The fourth-order valence-electron chi connectivity index (χ4n) is 1.33. The smallest absolute Gasteiger partial charge is 0.312 e. The van der Waals surface area contributed by atoms with Crippen molar-refractivity contribution in [2.45, 2.75) is 19.4 Å². The topological polar surface area (TPSA) is 111 Å². The summed E-state index contributed by atoms with van der Waals surface area (Å²) < 4.78 is 5.34. The van der Waals surface area contributed by atoms with Crippen LogP contribution in [0.15, 0.2) is 17.3 Å². The van der Waals surface area contributed by atoms with Crippen molar-refractivity contribution in [3.63, 3.8) is 0 Å². The number of oxime groups is 1. The molecule has 0 aromatic heterocycles. The van der Waals surface area contributed by atoms with Gasteiger partial charge in [-0.3, -0.25) is 10.1 Å². The molecule has 9 heteroatoms. The maximum absolute atomic E-state index is 10.9. The summed E-state index contributed by atoms with van der Waals surface area (Å²) in [6, 6.07) is 2.30. The number of nitro benzene ring substituents is 1. The van der Waals surface area contributed by atoms with Gasteiger partial charge in [0.1, 0.15) is 0 Å². The van der Waals surface area contributed by atoms with Crippen LogP contribution in [0.5, 0.6) is 5.75 Å². The first kappa shape index (κ1) is 15.3. The molecule has 0 fully saturated rings. The molecule has 0 amide bonds. The number of rotatable bonds is 5. The zero-order valence-corrected chi connectivity index (χ0v) is 11.4. The summed E-state index contributed by atoms with van der Waals surface area (Å²) in [4.78, 5) is 10.3. The van der Waals surface area contributed by atoms with E-state index in [4.69, 9.17) is 38.9 Å². The lowest BCUT2D eigenvalue weighted by molar-refractivity contribution is -0.386. The van der Waals surface area contributed by atoms with Gasteiger partial charge in [0, 0.05) is 12.1 Å². The van der Waals surface area contributed by atoms with E-state index in [1.54, 1.807) is 6.92 Å². The Balaban J connectivity index is 3.19. The molecule has 1 aromatic rings. The summed E-state index contributed by atoms with van der Waals surface area (Å²) in [5.41, 5.74) is 5.07. The number of hydrogen-bond donors (Lipinski definition) is 2. The maximum atomic E-state index is 10.9. The van der Waals surface area contributed by atoms with Gasteiger partial charge in [-0.2, -0.15) is 0 Å². The lowest BCUT2D eigenvalue weighted by Gasteiger charge is -2.16. The molecule has 1 aromatic carbocycles. The molecule has 1 rings (SSSR count). The Morgan fingerprint density at radius 2 is 2.16 bits per heavy atom. The third-order valence-corrected chi connectivity index (χ3v) is 3.01. The van der Waals surface area contributed by atoms with Crippen molar-refractivity contribution < 1.29 is 14.9 Å². The van der Waals surface area contributed by atoms with E-state index in [9.17, 15) is 10.1 Å². The van der Waals surface area contributed by atoms with Crippen molar-refractivity contribution >= 4 is 34.7 Å². The van der Waals surface area contributed by atoms with Crippen LogP contribution >= 0.6 is 23.2 Å². The first-order valence-electron chi connectivity index (χ1n) is 5.18. The predicted molar refractivity (Wildman–Crippen MR) is 71.2 cm³/mol. The minimum absolute atomic E-state index is 0.0394. The van der Waals surface area contributed by atoms with Crippen molar-refractivity contribution in [1.29, 1.82) is 0 Å². The van der Waals surface area contributed by atoms with Crippen LogP contribution in [0.2, 0.25) is 10.0 Å². The number of ether oxygens (including phenoxy) is 1. The molecular formula is C10H11Cl2N3O4. The van der Waals surface area contributed by atoms with E-state index < -0.39 is 11.0 Å². The second kappa shape index (κ2) is 6.44. The molecule has 0 heterocycles. The predicted octanol–water partition coefficient (Wildman–Crippen LogP) is 2.81. The van der Waals surface area contributed by atoms with Crippen molar-refractivity contribution in [3.8, 4) is 5.75 Å². The molecule has 0 aliphatic heterocycles. The van der Waals surface area contributed by atoms with Crippen molar-refractivity contribution in [3.05, 3.63) is 32.3 Å². The SMILES string of the molecule is CCC(Oc1cc(Cl)c(Cl)cc1[N+](=O)[O-])/C(N)=N/O. The standard InChI is InChI=1S/C10H11Cl2N3O4/c1-2-8(10(13)14-16)19-9-4-6(12)5(11)3-7(9)15(17)18/h3-4,8,16H,2H2,1H3,(H2,13,14). The quantitative estimate of drug-likeness (QED) is 0.286. The normalized spacial score (nSPS) is 13.1. The Kier molecular flexibility index (Phi) is 5.20. The molecule has 3 N–H and O–H groups in total. The Morgan fingerprint density at radius 3 is 2.63 bits per heavy atom. The minimum Gasteiger partial charge on any atom is -0.475 e. The minimum atomic E-state index is -0.805. The number of nitrogens with zero attached hydrogens (tertiary/aromatic N) is 2. The number of nitro groups is 1. The lowest BCUT2D eigenvalue weighted by atomic mass is 10.2. The molecule has 0 aliphatic carbocycles. The van der Waals surface area contributed by atoms with Crippen molar-refractivity contribution in [1.82, 2.24) is 0 Å². The van der Waals surface area contributed by atoms with E-state index in [0.29, 0.717) is 6.42 Å². The zero-order chi connectivity index (χ0) is 14.6. The van der Waals surface area contributed by atoms with Gasteiger partial charge in [-0.1, -0.05) is 35.3 Å². The highest BCUT2D eigenvalue weighted by atomic mass is 35.5. The molecule has 0 aliphatic rings. The fourth-order valence-corrected chi connectivity index (χ4v) is 1.64. The molecule has 0 bridgehead atoms. The third kappa shape index (κ3) is 3.62. The Hall–Kier alpha value is -1.73. The van der Waals surface area contributed by atoms with Gasteiger partial charge in [0.15, 0.2) is 17.7 Å². The molecule has 0 spiro atoms. The van der Waals surface area contributed by atoms with Crippen LogP contribution < -0.4 is 10.5 Å². The lowest BCUT2D eigenvalue weighted by Crippen LogP contribution is -2.33. The molecular weight excluding hydrogens is 297 g/mol. The van der Waals surface area contributed by atoms with Crippen LogP contribution in [0.1, 0.15) is 13.3 Å². The second-order valence-corrected chi connectivity index (χ2v) is 4.35. The number of nitrogens with two attached hydrogens (primary N) is 1. The van der Waals surface area contributed by atoms with Crippen LogP contribution in [0.25, 0.3) is 0 Å². The summed E-state index contributed by atoms with van der Waals surface area (Å²) in [5, 5.41) is 22.5. The summed E-state index contributed by atoms with van der Waals surface area (Å²) in [7, 11) is 0. The van der Waals surface area contributed by atoms with Crippen LogP contribution in [0, 0.1) is 10.1 Å². The van der Waals surface area contributed by atoms with Gasteiger partial charge in [-0.25, -0.2) is 0 Å².